The average molecular weight is 334 g/mol. The first-order valence-electron chi connectivity index (χ1n) is 8.00. The van der Waals surface area contributed by atoms with E-state index in [-0.39, 0.29) is 17.8 Å². The summed E-state index contributed by atoms with van der Waals surface area (Å²) in [6.07, 6.45) is -3.67. The number of amides is 1. The lowest BCUT2D eigenvalue weighted by Crippen LogP contribution is -2.62. The number of hydrogen-bond donors (Lipinski definition) is 1. The molecule has 0 bridgehead atoms. The molecule has 1 fully saturated rings. The molecule has 0 aromatic carbocycles. The van der Waals surface area contributed by atoms with Crippen LogP contribution in [0.15, 0.2) is 5.10 Å². The van der Waals surface area contributed by atoms with Gasteiger partial charge in [-0.25, -0.2) is 0 Å². The first-order valence-corrected chi connectivity index (χ1v) is 8.00. The summed E-state index contributed by atoms with van der Waals surface area (Å²) >= 11 is 0. The van der Waals surface area contributed by atoms with Crippen molar-refractivity contribution < 1.29 is 23.1 Å². The highest BCUT2D eigenvalue weighted by molar-refractivity contribution is 5.93. The van der Waals surface area contributed by atoms with Gasteiger partial charge in [-0.05, 0) is 30.6 Å². The Kier molecular flexibility index (Phi) is 4.33. The molecule has 1 heterocycles. The highest BCUT2D eigenvalue weighted by atomic mass is 19.4. The Hall–Kier alpha value is -1.11. The van der Waals surface area contributed by atoms with E-state index in [4.69, 9.17) is 0 Å². The number of rotatable bonds is 1. The second-order valence-corrected chi connectivity index (χ2v) is 8.01. The molecule has 1 amide bonds. The minimum atomic E-state index is -4.95. The standard InChI is InChI=1S/C16H25F3N2O2/c1-9(2)13(22)21-15(23,16(17,18)19)11-8-10(14(3,4)5)6-7-12(11)20-21/h9-11,23H,6-8H2,1-5H3/t10-,11+,15-/m0/s1. The SMILES string of the molecule is CC(C)C(=O)N1N=C2CC[C@H](C(C)(C)C)C[C@H]2[C@]1(O)C(F)(F)F. The zero-order valence-corrected chi connectivity index (χ0v) is 14.2. The van der Waals surface area contributed by atoms with Gasteiger partial charge in [-0.15, -0.1) is 0 Å². The Morgan fingerprint density at radius 3 is 2.35 bits per heavy atom. The average Bonchev–Trinajstić information content (AvgIpc) is 2.70. The molecule has 1 N–H and O–H groups in total. The van der Waals surface area contributed by atoms with Crippen molar-refractivity contribution in [2.24, 2.45) is 28.3 Å². The lowest BCUT2D eigenvalue weighted by molar-refractivity contribution is -0.318. The Bertz CT molecular complexity index is 522. The molecule has 23 heavy (non-hydrogen) atoms. The quantitative estimate of drug-likeness (QED) is 0.797. The summed E-state index contributed by atoms with van der Waals surface area (Å²) in [5.74, 6) is -2.62. The van der Waals surface area contributed by atoms with Crippen molar-refractivity contribution >= 4 is 11.6 Å². The lowest BCUT2D eigenvalue weighted by Gasteiger charge is -2.43. The van der Waals surface area contributed by atoms with E-state index in [1.54, 1.807) is 0 Å². The second kappa shape index (κ2) is 5.46. The predicted octanol–water partition coefficient (Wildman–Crippen LogP) is 3.55. The van der Waals surface area contributed by atoms with Crippen LogP contribution in [0, 0.1) is 23.2 Å². The molecule has 3 atom stereocenters. The van der Waals surface area contributed by atoms with Gasteiger partial charge in [0.1, 0.15) is 0 Å². The van der Waals surface area contributed by atoms with Crippen LogP contribution in [0.5, 0.6) is 0 Å². The molecule has 0 aromatic rings. The summed E-state index contributed by atoms with van der Waals surface area (Å²) in [6.45, 7) is 8.95. The number of nitrogens with zero attached hydrogens (tertiary/aromatic N) is 2. The van der Waals surface area contributed by atoms with Crippen molar-refractivity contribution in [2.45, 2.75) is 65.8 Å². The van der Waals surface area contributed by atoms with Gasteiger partial charge in [0, 0.05) is 11.6 Å². The predicted molar refractivity (Wildman–Crippen MR) is 80.4 cm³/mol. The third-order valence-corrected chi connectivity index (χ3v) is 5.05. The molecule has 2 rings (SSSR count). The van der Waals surface area contributed by atoms with Crippen molar-refractivity contribution in [3.63, 3.8) is 0 Å². The minimum absolute atomic E-state index is 0.0365. The third kappa shape index (κ3) is 2.88. The molecule has 1 aliphatic carbocycles. The third-order valence-electron chi connectivity index (χ3n) is 5.05. The topological polar surface area (TPSA) is 52.9 Å². The van der Waals surface area contributed by atoms with Crippen LogP contribution >= 0.6 is 0 Å². The van der Waals surface area contributed by atoms with E-state index in [9.17, 15) is 23.1 Å². The molecule has 0 aromatic heterocycles. The lowest BCUT2D eigenvalue weighted by atomic mass is 9.66. The van der Waals surface area contributed by atoms with E-state index >= 15 is 0 Å². The molecule has 1 aliphatic heterocycles. The molecule has 1 saturated carbocycles. The van der Waals surface area contributed by atoms with Crippen LogP contribution in [-0.4, -0.2) is 33.6 Å². The van der Waals surface area contributed by atoms with Gasteiger partial charge in [0.25, 0.3) is 5.72 Å². The highest BCUT2D eigenvalue weighted by Crippen LogP contribution is 2.52. The van der Waals surface area contributed by atoms with E-state index < -0.39 is 29.6 Å². The van der Waals surface area contributed by atoms with E-state index in [1.165, 1.54) is 13.8 Å². The fraction of sp³-hybridized carbons (Fsp3) is 0.875. The van der Waals surface area contributed by atoms with Crippen molar-refractivity contribution in [3.05, 3.63) is 0 Å². The summed E-state index contributed by atoms with van der Waals surface area (Å²) in [4.78, 5) is 12.2. The number of aliphatic hydroxyl groups is 1. The number of halogens is 3. The van der Waals surface area contributed by atoms with E-state index in [0.29, 0.717) is 17.1 Å². The second-order valence-electron chi connectivity index (χ2n) is 8.01. The van der Waals surface area contributed by atoms with Gasteiger partial charge >= 0.3 is 6.18 Å². The Balaban J connectivity index is 2.44. The van der Waals surface area contributed by atoms with Crippen LogP contribution in [-0.2, 0) is 4.79 Å². The number of alkyl halides is 3. The van der Waals surface area contributed by atoms with E-state index in [1.807, 2.05) is 20.8 Å². The zero-order valence-electron chi connectivity index (χ0n) is 14.2. The largest absolute Gasteiger partial charge is 0.439 e. The van der Waals surface area contributed by atoms with E-state index in [0.717, 1.165) is 6.42 Å². The zero-order chi connectivity index (χ0) is 17.8. The van der Waals surface area contributed by atoms with E-state index in [2.05, 4.69) is 5.10 Å². The van der Waals surface area contributed by atoms with Crippen LogP contribution in [0.2, 0.25) is 0 Å². The van der Waals surface area contributed by atoms with Gasteiger partial charge in [-0.1, -0.05) is 34.6 Å². The van der Waals surface area contributed by atoms with Crippen LogP contribution in [0.4, 0.5) is 13.2 Å². The molecule has 2 aliphatic rings. The van der Waals surface area contributed by atoms with Gasteiger partial charge in [-0.2, -0.15) is 23.3 Å². The summed E-state index contributed by atoms with van der Waals surface area (Å²) in [6, 6.07) is 0. The fourth-order valence-electron chi connectivity index (χ4n) is 3.47. The molecule has 0 radical (unpaired) electrons. The summed E-state index contributed by atoms with van der Waals surface area (Å²) < 4.78 is 41.1. The Morgan fingerprint density at radius 2 is 1.91 bits per heavy atom. The molecule has 0 saturated heterocycles. The monoisotopic (exact) mass is 334 g/mol. The highest BCUT2D eigenvalue weighted by Gasteiger charge is 2.69. The van der Waals surface area contributed by atoms with Crippen LogP contribution in [0.25, 0.3) is 0 Å². The molecule has 132 valence electrons. The maximum absolute atomic E-state index is 13.7. The summed E-state index contributed by atoms with van der Waals surface area (Å²) in [7, 11) is 0. The number of hydrogen-bond acceptors (Lipinski definition) is 3. The molecular weight excluding hydrogens is 309 g/mol. The van der Waals surface area contributed by atoms with Crippen molar-refractivity contribution in [1.82, 2.24) is 5.01 Å². The molecular formula is C16H25F3N2O2. The molecule has 4 nitrogen and oxygen atoms in total. The number of carbonyl (C=O) groups excluding carboxylic acids is 1. The smallest absolute Gasteiger partial charge is 0.362 e. The fourth-order valence-corrected chi connectivity index (χ4v) is 3.47. The minimum Gasteiger partial charge on any atom is -0.362 e. The first kappa shape index (κ1) is 18.2. The molecule has 7 heteroatoms. The van der Waals surface area contributed by atoms with Crippen molar-refractivity contribution in [3.8, 4) is 0 Å². The summed E-state index contributed by atoms with van der Waals surface area (Å²) in [5.41, 5.74) is -3.10. The number of carbonyl (C=O) groups is 1. The first-order chi connectivity index (χ1) is 10.3. The van der Waals surface area contributed by atoms with Crippen LogP contribution in [0.3, 0.4) is 0 Å². The maximum Gasteiger partial charge on any atom is 0.439 e. The van der Waals surface area contributed by atoms with Gasteiger partial charge in [0.2, 0.25) is 5.91 Å². The summed E-state index contributed by atoms with van der Waals surface area (Å²) in [5, 5.41) is 14.7. The van der Waals surface area contributed by atoms with Gasteiger partial charge in [0.05, 0.1) is 5.92 Å². The molecule has 0 unspecified atom stereocenters. The van der Waals surface area contributed by atoms with Gasteiger partial charge in [0.15, 0.2) is 0 Å². The normalized spacial score (nSPS) is 32.1. The van der Waals surface area contributed by atoms with Crippen molar-refractivity contribution in [2.75, 3.05) is 0 Å². The number of hydrazone groups is 1. The Labute approximate surface area is 134 Å². The number of fused-ring (bicyclic) bond motifs is 1. The Morgan fingerprint density at radius 1 is 1.35 bits per heavy atom. The van der Waals surface area contributed by atoms with Gasteiger partial charge < -0.3 is 5.11 Å². The van der Waals surface area contributed by atoms with Crippen LogP contribution < -0.4 is 0 Å². The van der Waals surface area contributed by atoms with Gasteiger partial charge in [-0.3, -0.25) is 4.79 Å². The molecule has 0 spiro atoms. The maximum atomic E-state index is 13.7. The van der Waals surface area contributed by atoms with Crippen LogP contribution in [0.1, 0.15) is 53.9 Å². The van der Waals surface area contributed by atoms with Crippen molar-refractivity contribution in [1.29, 1.82) is 0 Å².